The Morgan fingerprint density at radius 1 is 1.03 bits per heavy atom. The first kappa shape index (κ1) is 24.9. The van der Waals surface area contributed by atoms with Gasteiger partial charge in [-0.05, 0) is 49.2 Å². The molecule has 0 radical (unpaired) electrons. The number of hydrogen-bond donors (Lipinski definition) is 1. The largest absolute Gasteiger partial charge is 0.497 e. The summed E-state index contributed by atoms with van der Waals surface area (Å²) in [5.41, 5.74) is 2.45. The molecule has 0 atom stereocenters. The van der Waals surface area contributed by atoms with Crippen LogP contribution in [0.15, 0.2) is 42.5 Å². The molecule has 2 aromatic rings. The van der Waals surface area contributed by atoms with Gasteiger partial charge in [-0.3, -0.25) is 14.0 Å². The second kappa shape index (κ2) is 11.4. The van der Waals surface area contributed by atoms with Gasteiger partial charge in [-0.1, -0.05) is 30.7 Å². The number of likely N-dealkylation sites (tertiary alicyclic amines) is 1. The van der Waals surface area contributed by atoms with Gasteiger partial charge in [0, 0.05) is 19.2 Å². The standard InChI is InChI=1S/C24H33N3O5S/c1-31-21-11-12-23(32-2)22(15-21)27(33(3,29)30)18-24(28)25-16-19-9-5-6-10-20(19)17-26-13-7-4-8-14-26/h5-6,9-12,15H,4,7-8,13-14,16-18H2,1-3H3,(H,25,28). The van der Waals surface area contributed by atoms with Crippen molar-refractivity contribution in [2.75, 3.05) is 44.4 Å². The second-order valence-corrected chi connectivity index (χ2v) is 10.1. The van der Waals surface area contributed by atoms with Crippen molar-refractivity contribution in [3.8, 4) is 11.5 Å². The van der Waals surface area contributed by atoms with Crippen molar-refractivity contribution in [2.24, 2.45) is 0 Å². The lowest BCUT2D eigenvalue weighted by Crippen LogP contribution is -2.40. The summed E-state index contributed by atoms with van der Waals surface area (Å²) in [6.07, 6.45) is 4.78. The van der Waals surface area contributed by atoms with Crippen LogP contribution in [-0.4, -0.2) is 59.3 Å². The maximum absolute atomic E-state index is 12.8. The van der Waals surface area contributed by atoms with E-state index in [2.05, 4.69) is 16.3 Å². The number of anilines is 1. The van der Waals surface area contributed by atoms with Gasteiger partial charge >= 0.3 is 0 Å². The third-order valence-electron chi connectivity index (χ3n) is 5.78. The van der Waals surface area contributed by atoms with E-state index in [9.17, 15) is 13.2 Å². The Bertz CT molecular complexity index is 1050. The molecule has 2 aromatic carbocycles. The van der Waals surface area contributed by atoms with Crippen molar-refractivity contribution in [3.63, 3.8) is 0 Å². The van der Waals surface area contributed by atoms with Crippen LogP contribution in [0.4, 0.5) is 5.69 Å². The highest BCUT2D eigenvalue weighted by molar-refractivity contribution is 7.92. The molecule has 3 rings (SSSR count). The zero-order chi connectivity index (χ0) is 23.8. The summed E-state index contributed by atoms with van der Waals surface area (Å²) < 4.78 is 36.6. The summed E-state index contributed by atoms with van der Waals surface area (Å²) in [5, 5.41) is 2.88. The molecule has 1 aliphatic rings. The summed E-state index contributed by atoms with van der Waals surface area (Å²) in [4.78, 5) is 15.2. The highest BCUT2D eigenvalue weighted by atomic mass is 32.2. The number of rotatable bonds is 10. The summed E-state index contributed by atoms with van der Waals surface area (Å²) in [6.45, 7) is 2.99. The smallest absolute Gasteiger partial charge is 0.241 e. The first-order chi connectivity index (χ1) is 15.8. The topological polar surface area (TPSA) is 88.2 Å². The fourth-order valence-corrected chi connectivity index (χ4v) is 4.85. The molecular formula is C24H33N3O5S. The van der Waals surface area contributed by atoms with E-state index in [1.54, 1.807) is 18.2 Å². The van der Waals surface area contributed by atoms with E-state index in [0.29, 0.717) is 18.0 Å². The van der Waals surface area contributed by atoms with E-state index in [1.807, 2.05) is 18.2 Å². The number of carbonyl (C=O) groups excluding carboxylic acids is 1. The summed E-state index contributed by atoms with van der Waals surface area (Å²) in [6, 6.07) is 12.9. The lowest BCUT2D eigenvalue weighted by atomic mass is 10.0. The minimum absolute atomic E-state index is 0.250. The van der Waals surface area contributed by atoms with Crippen LogP contribution in [-0.2, 0) is 27.9 Å². The molecule has 0 aliphatic carbocycles. The molecule has 1 amide bonds. The zero-order valence-electron chi connectivity index (χ0n) is 19.5. The fraction of sp³-hybridized carbons (Fsp3) is 0.458. The van der Waals surface area contributed by atoms with Crippen molar-refractivity contribution in [2.45, 2.75) is 32.4 Å². The van der Waals surface area contributed by atoms with Crippen molar-refractivity contribution in [3.05, 3.63) is 53.6 Å². The van der Waals surface area contributed by atoms with Gasteiger partial charge in [0.25, 0.3) is 0 Å². The summed E-state index contributed by atoms with van der Waals surface area (Å²) in [5.74, 6) is 0.394. The highest BCUT2D eigenvalue weighted by Gasteiger charge is 2.25. The predicted octanol–water partition coefficient (Wildman–Crippen LogP) is 2.77. The Labute approximate surface area is 196 Å². The third-order valence-corrected chi connectivity index (χ3v) is 6.91. The molecule has 180 valence electrons. The Morgan fingerprint density at radius 2 is 1.73 bits per heavy atom. The maximum Gasteiger partial charge on any atom is 0.241 e. The number of carbonyl (C=O) groups is 1. The average molecular weight is 476 g/mol. The van der Waals surface area contributed by atoms with Gasteiger partial charge in [-0.25, -0.2) is 8.42 Å². The van der Waals surface area contributed by atoms with Crippen molar-refractivity contribution in [1.29, 1.82) is 0 Å². The molecule has 1 saturated heterocycles. The van der Waals surface area contributed by atoms with Gasteiger partial charge in [0.05, 0.1) is 26.2 Å². The molecule has 33 heavy (non-hydrogen) atoms. The van der Waals surface area contributed by atoms with Gasteiger partial charge in [0.1, 0.15) is 18.0 Å². The number of hydrogen-bond acceptors (Lipinski definition) is 6. The number of amides is 1. The third kappa shape index (κ3) is 6.85. The normalized spacial score (nSPS) is 14.5. The fourth-order valence-electron chi connectivity index (χ4n) is 4.00. The Morgan fingerprint density at radius 3 is 2.36 bits per heavy atom. The van der Waals surface area contributed by atoms with E-state index in [-0.39, 0.29) is 12.2 Å². The number of methoxy groups -OCH3 is 2. The first-order valence-electron chi connectivity index (χ1n) is 11.1. The van der Waals surface area contributed by atoms with Crippen LogP contribution >= 0.6 is 0 Å². The van der Waals surface area contributed by atoms with Gasteiger partial charge in [0.2, 0.25) is 15.9 Å². The first-order valence-corrected chi connectivity index (χ1v) is 12.9. The zero-order valence-corrected chi connectivity index (χ0v) is 20.4. The quantitative estimate of drug-likeness (QED) is 0.569. The van der Waals surface area contributed by atoms with Crippen LogP contribution in [0.5, 0.6) is 11.5 Å². The van der Waals surface area contributed by atoms with Crippen molar-refractivity contribution in [1.82, 2.24) is 10.2 Å². The predicted molar refractivity (Wildman–Crippen MR) is 129 cm³/mol. The average Bonchev–Trinajstić information content (AvgIpc) is 2.81. The van der Waals surface area contributed by atoms with Gasteiger partial charge in [-0.2, -0.15) is 0 Å². The van der Waals surface area contributed by atoms with Gasteiger partial charge in [-0.15, -0.1) is 0 Å². The van der Waals surface area contributed by atoms with Gasteiger partial charge < -0.3 is 14.8 Å². The molecule has 1 fully saturated rings. The van der Waals surface area contributed by atoms with Crippen LogP contribution in [0.2, 0.25) is 0 Å². The van der Waals surface area contributed by atoms with E-state index in [1.165, 1.54) is 39.0 Å². The van der Waals surface area contributed by atoms with E-state index in [0.717, 1.165) is 35.8 Å². The van der Waals surface area contributed by atoms with Crippen molar-refractivity contribution >= 4 is 21.6 Å². The number of piperidine rings is 1. The molecule has 9 heteroatoms. The molecule has 1 heterocycles. The number of ether oxygens (including phenoxy) is 2. The molecule has 0 unspecified atom stereocenters. The molecule has 0 spiro atoms. The van der Waals surface area contributed by atoms with Crippen LogP contribution < -0.4 is 19.1 Å². The maximum atomic E-state index is 12.8. The van der Waals surface area contributed by atoms with Crippen molar-refractivity contribution < 1.29 is 22.7 Å². The van der Waals surface area contributed by atoms with E-state index < -0.39 is 15.9 Å². The number of benzene rings is 2. The monoisotopic (exact) mass is 475 g/mol. The molecular weight excluding hydrogens is 442 g/mol. The second-order valence-electron chi connectivity index (χ2n) is 8.19. The van der Waals surface area contributed by atoms with Gasteiger partial charge in [0.15, 0.2) is 0 Å². The van der Waals surface area contributed by atoms with Crippen LogP contribution in [0.25, 0.3) is 0 Å². The van der Waals surface area contributed by atoms with Crippen LogP contribution in [0.3, 0.4) is 0 Å². The Balaban J connectivity index is 1.71. The molecule has 0 bridgehead atoms. The molecule has 0 aromatic heterocycles. The lowest BCUT2D eigenvalue weighted by molar-refractivity contribution is -0.119. The van der Waals surface area contributed by atoms with E-state index in [4.69, 9.17) is 9.47 Å². The SMILES string of the molecule is COc1ccc(OC)c(N(CC(=O)NCc2ccccc2CN2CCCCC2)S(C)(=O)=O)c1. The minimum Gasteiger partial charge on any atom is -0.497 e. The Hall–Kier alpha value is -2.78. The number of sulfonamides is 1. The highest BCUT2D eigenvalue weighted by Crippen LogP contribution is 2.33. The number of nitrogens with one attached hydrogen (secondary N) is 1. The Kier molecular flexibility index (Phi) is 8.57. The lowest BCUT2D eigenvalue weighted by Gasteiger charge is -2.27. The number of nitrogens with zero attached hydrogens (tertiary/aromatic N) is 2. The van der Waals surface area contributed by atoms with Crippen LogP contribution in [0, 0.1) is 0 Å². The molecule has 1 aliphatic heterocycles. The molecule has 8 nitrogen and oxygen atoms in total. The summed E-state index contributed by atoms with van der Waals surface area (Å²) >= 11 is 0. The molecule has 0 saturated carbocycles. The van der Waals surface area contributed by atoms with E-state index >= 15 is 0 Å². The minimum atomic E-state index is -3.75. The summed E-state index contributed by atoms with van der Waals surface area (Å²) in [7, 11) is -0.811. The molecule has 1 N–H and O–H groups in total. The van der Waals surface area contributed by atoms with Crippen LogP contribution in [0.1, 0.15) is 30.4 Å².